The van der Waals surface area contributed by atoms with E-state index in [0.29, 0.717) is 0 Å². The molecule has 2 nitrogen and oxygen atoms in total. The lowest BCUT2D eigenvalue weighted by Gasteiger charge is -2.11. The number of hydrogen-bond acceptors (Lipinski definition) is 2. The van der Waals surface area contributed by atoms with Gasteiger partial charge in [-0.1, -0.05) is 0 Å². The highest BCUT2D eigenvalue weighted by molar-refractivity contribution is 5.75. The van der Waals surface area contributed by atoms with Crippen LogP contribution in [0.4, 0.5) is 30.7 Å². The van der Waals surface area contributed by atoms with Gasteiger partial charge in [-0.15, -0.1) is 0 Å². The Morgan fingerprint density at radius 1 is 1.00 bits per heavy atom. The molecule has 0 aromatic heterocycles. The van der Waals surface area contributed by atoms with Gasteiger partial charge in [-0.2, -0.15) is 13.2 Å². The van der Waals surface area contributed by atoms with Crippen molar-refractivity contribution in [2.75, 3.05) is 0 Å². The van der Waals surface area contributed by atoms with E-state index in [1.807, 2.05) is 0 Å². The van der Waals surface area contributed by atoms with Crippen molar-refractivity contribution in [1.82, 2.24) is 0 Å². The molecular weight excluding hydrogens is 285 g/mol. The Bertz CT molecular complexity index is 493. The van der Waals surface area contributed by atoms with E-state index in [1.54, 1.807) is 0 Å². The largest absolute Gasteiger partial charge is 0.490 e. The number of carbonyl (C=O) groups excluding carboxylic acids is 1. The van der Waals surface area contributed by atoms with Crippen molar-refractivity contribution in [3.05, 3.63) is 34.4 Å². The van der Waals surface area contributed by atoms with Gasteiger partial charge in [0.25, 0.3) is 0 Å². The van der Waals surface area contributed by atoms with Crippen LogP contribution in [0.5, 0.6) is 0 Å². The molecule has 0 aliphatic rings. The fraction of sp³-hybridized carbons (Fsp3) is 0.300. The van der Waals surface area contributed by atoms with Crippen LogP contribution < -0.4 is 0 Å². The molecule has 0 saturated carbocycles. The molecular formula is C10H5F7O2. The third-order valence-electron chi connectivity index (χ3n) is 2.15. The topological polar surface area (TPSA) is 26.3 Å². The van der Waals surface area contributed by atoms with E-state index in [9.17, 15) is 35.5 Å². The molecule has 19 heavy (non-hydrogen) atoms. The van der Waals surface area contributed by atoms with Crippen LogP contribution in [0, 0.1) is 30.2 Å². The van der Waals surface area contributed by atoms with Gasteiger partial charge in [0, 0.05) is 5.56 Å². The van der Waals surface area contributed by atoms with Crippen molar-refractivity contribution in [2.24, 2.45) is 0 Å². The minimum atomic E-state index is -5.38. The lowest BCUT2D eigenvalue weighted by atomic mass is 10.1. The van der Waals surface area contributed by atoms with Crippen LogP contribution in [0.3, 0.4) is 0 Å². The Morgan fingerprint density at radius 3 is 1.79 bits per heavy atom. The highest BCUT2D eigenvalue weighted by Gasteiger charge is 2.41. The molecule has 0 amide bonds. The summed E-state index contributed by atoms with van der Waals surface area (Å²) in [6.07, 6.45) is -5.38. The summed E-state index contributed by atoms with van der Waals surface area (Å²) in [6.45, 7) is -0.841. The van der Waals surface area contributed by atoms with Gasteiger partial charge in [0.05, 0.1) is 5.56 Å². The second-order valence-corrected chi connectivity index (χ2v) is 3.43. The average molecular weight is 290 g/mol. The molecule has 0 fully saturated rings. The zero-order chi connectivity index (χ0) is 15.0. The number of carbonyl (C=O) groups is 1. The second kappa shape index (κ2) is 5.06. The smallest absolute Gasteiger partial charge is 0.454 e. The van der Waals surface area contributed by atoms with Crippen LogP contribution in [-0.4, -0.2) is 12.1 Å². The summed E-state index contributed by atoms with van der Waals surface area (Å²) in [5, 5.41) is 0. The summed E-state index contributed by atoms with van der Waals surface area (Å²) in [7, 11) is 0. The van der Waals surface area contributed by atoms with E-state index in [0.717, 1.165) is 6.92 Å². The molecule has 0 heterocycles. The molecule has 0 spiro atoms. The fourth-order valence-electron chi connectivity index (χ4n) is 1.13. The van der Waals surface area contributed by atoms with E-state index in [-0.39, 0.29) is 0 Å². The molecule has 1 aromatic carbocycles. The number of rotatable bonds is 2. The molecule has 0 atom stereocenters. The SMILES string of the molecule is Cc1c(F)c(F)c(COC(=O)C(F)(F)F)c(F)c1F. The first-order valence-electron chi connectivity index (χ1n) is 4.62. The summed E-state index contributed by atoms with van der Waals surface area (Å²) in [5.41, 5.74) is -2.40. The van der Waals surface area contributed by atoms with Gasteiger partial charge in [-0.05, 0) is 6.92 Å². The van der Waals surface area contributed by atoms with Crippen molar-refractivity contribution in [3.8, 4) is 0 Å². The van der Waals surface area contributed by atoms with Crippen molar-refractivity contribution < 1.29 is 40.3 Å². The number of hydrogen-bond donors (Lipinski definition) is 0. The Labute approximate surface area is 101 Å². The first kappa shape index (κ1) is 15.3. The first-order valence-corrected chi connectivity index (χ1v) is 4.62. The summed E-state index contributed by atoms with van der Waals surface area (Å²) >= 11 is 0. The molecule has 0 aliphatic carbocycles. The van der Waals surface area contributed by atoms with E-state index >= 15 is 0 Å². The molecule has 0 aliphatic heterocycles. The van der Waals surface area contributed by atoms with Gasteiger partial charge in [-0.25, -0.2) is 22.4 Å². The fourth-order valence-corrected chi connectivity index (χ4v) is 1.13. The first-order chi connectivity index (χ1) is 8.57. The minimum absolute atomic E-state index is 0.738. The summed E-state index contributed by atoms with van der Waals surface area (Å²) in [6, 6.07) is 0. The Morgan fingerprint density at radius 2 is 1.42 bits per heavy atom. The van der Waals surface area contributed by atoms with Gasteiger partial charge < -0.3 is 4.74 Å². The molecule has 1 rings (SSSR count). The summed E-state index contributed by atoms with van der Waals surface area (Å²) < 4.78 is 91.3. The second-order valence-electron chi connectivity index (χ2n) is 3.43. The van der Waals surface area contributed by atoms with Crippen molar-refractivity contribution >= 4 is 5.97 Å². The lowest BCUT2D eigenvalue weighted by Crippen LogP contribution is -2.25. The summed E-state index contributed by atoms with van der Waals surface area (Å²) in [4.78, 5) is 10.3. The molecule has 0 saturated heterocycles. The Kier molecular flexibility index (Phi) is 4.06. The van der Waals surface area contributed by atoms with Gasteiger partial charge in [0.1, 0.15) is 6.61 Å². The van der Waals surface area contributed by atoms with Crippen molar-refractivity contribution in [3.63, 3.8) is 0 Å². The maximum atomic E-state index is 13.2. The molecule has 1 aromatic rings. The maximum Gasteiger partial charge on any atom is 0.490 e. The Hall–Kier alpha value is -1.80. The van der Waals surface area contributed by atoms with Crippen LogP contribution in [-0.2, 0) is 16.1 Å². The van der Waals surface area contributed by atoms with Crippen LogP contribution >= 0.6 is 0 Å². The maximum absolute atomic E-state index is 13.2. The molecule has 9 heteroatoms. The predicted octanol–water partition coefficient (Wildman–Crippen LogP) is 3.16. The van der Waals surface area contributed by atoms with Crippen LogP contribution in [0.1, 0.15) is 11.1 Å². The van der Waals surface area contributed by atoms with Gasteiger partial charge in [0.15, 0.2) is 23.3 Å². The number of benzene rings is 1. The van der Waals surface area contributed by atoms with Gasteiger partial charge in [-0.3, -0.25) is 0 Å². The Balaban J connectivity index is 3.07. The van der Waals surface area contributed by atoms with Crippen LogP contribution in [0.15, 0.2) is 0 Å². The molecule has 0 unspecified atom stereocenters. The monoisotopic (exact) mass is 290 g/mol. The highest BCUT2D eigenvalue weighted by Crippen LogP contribution is 2.25. The third-order valence-corrected chi connectivity index (χ3v) is 2.15. The highest BCUT2D eigenvalue weighted by atomic mass is 19.4. The van der Waals surface area contributed by atoms with Crippen LogP contribution in [0.2, 0.25) is 0 Å². The van der Waals surface area contributed by atoms with Crippen molar-refractivity contribution in [2.45, 2.75) is 19.7 Å². The van der Waals surface area contributed by atoms with E-state index in [4.69, 9.17) is 0 Å². The number of alkyl halides is 3. The minimum Gasteiger partial charge on any atom is -0.454 e. The number of esters is 1. The van der Waals surface area contributed by atoms with Crippen LogP contribution in [0.25, 0.3) is 0 Å². The third kappa shape index (κ3) is 2.96. The number of halogens is 7. The quantitative estimate of drug-likeness (QED) is 0.475. The zero-order valence-corrected chi connectivity index (χ0v) is 9.17. The standard InChI is InChI=1S/C10H5F7O2/c1-3-5(11)7(13)4(8(14)6(3)12)2-19-9(18)10(15,16)17/h2H2,1H3. The summed E-state index contributed by atoms with van der Waals surface area (Å²) in [5.74, 6) is -10.1. The predicted molar refractivity (Wildman–Crippen MR) is 46.9 cm³/mol. The molecule has 0 radical (unpaired) electrons. The van der Waals surface area contributed by atoms with E-state index < -0.39 is 53.1 Å². The lowest BCUT2D eigenvalue weighted by molar-refractivity contribution is -0.201. The van der Waals surface area contributed by atoms with E-state index in [2.05, 4.69) is 4.74 Å². The van der Waals surface area contributed by atoms with Gasteiger partial charge >= 0.3 is 12.1 Å². The molecule has 106 valence electrons. The molecule has 0 N–H and O–H groups in total. The van der Waals surface area contributed by atoms with E-state index in [1.165, 1.54) is 0 Å². The normalized spacial score (nSPS) is 11.6. The number of ether oxygens (including phenoxy) is 1. The average Bonchev–Trinajstić information content (AvgIpc) is 2.32. The van der Waals surface area contributed by atoms with Gasteiger partial charge in [0.2, 0.25) is 0 Å². The zero-order valence-electron chi connectivity index (χ0n) is 9.17. The molecule has 0 bridgehead atoms. The van der Waals surface area contributed by atoms with Crippen molar-refractivity contribution in [1.29, 1.82) is 0 Å².